The lowest BCUT2D eigenvalue weighted by Gasteiger charge is -2.49. The third kappa shape index (κ3) is 5.91. The maximum absolute atomic E-state index is 13.0. The molecule has 1 amide bonds. The first kappa shape index (κ1) is 27.4. The molecule has 1 aromatic heterocycles. The number of sulfone groups is 1. The van der Waals surface area contributed by atoms with Crippen LogP contribution in [0, 0.1) is 0 Å². The van der Waals surface area contributed by atoms with E-state index in [1.807, 2.05) is 0 Å². The summed E-state index contributed by atoms with van der Waals surface area (Å²) in [4.78, 5) is 33.7. The minimum atomic E-state index is -4.57. The van der Waals surface area contributed by atoms with Gasteiger partial charge in [0.15, 0.2) is 14.8 Å². The summed E-state index contributed by atoms with van der Waals surface area (Å²) >= 11 is 1.30. The first-order valence-corrected chi connectivity index (χ1v) is 14.7. The first-order chi connectivity index (χ1) is 18.5. The molecule has 2 aliphatic rings. The van der Waals surface area contributed by atoms with Crippen molar-refractivity contribution >= 4 is 32.9 Å². The van der Waals surface area contributed by atoms with E-state index in [0.717, 1.165) is 18.7 Å². The zero-order valence-electron chi connectivity index (χ0n) is 20.6. The second-order valence-corrected chi connectivity index (χ2v) is 12.4. The lowest BCUT2D eigenvalue weighted by atomic mass is 9.99. The number of hydrogen-bond donors (Lipinski definition) is 1. The van der Waals surface area contributed by atoms with Gasteiger partial charge in [-0.1, -0.05) is 18.2 Å². The molecule has 0 aliphatic carbocycles. The molecule has 3 aromatic rings. The number of nitrogens with one attached hydrogen (secondary N) is 1. The van der Waals surface area contributed by atoms with Crippen LogP contribution in [0.5, 0.6) is 0 Å². The monoisotopic (exact) mass is 578 g/mol. The van der Waals surface area contributed by atoms with Crippen LogP contribution in [0.15, 0.2) is 65.0 Å². The van der Waals surface area contributed by atoms with Crippen LogP contribution in [0.3, 0.4) is 0 Å². The number of nitrogens with zero attached hydrogens (tertiary/aromatic N) is 3. The molecule has 2 saturated heterocycles. The molecule has 2 aromatic carbocycles. The van der Waals surface area contributed by atoms with E-state index in [-0.39, 0.29) is 34.2 Å². The van der Waals surface area contributed by atoms with Crippen LogP contribution < -0.4 is 5.32 Å². The Balaban J connectivity index is 1.21. The predicted octanol–water partition coefficient (Wildman–Crippen LogP) is 3.12. The second-order valence-electron chi connectivity index (χ2n) is 9.50. The number of rotatable bonds is 7. The van der Waals surface area contributed by atoms with Crippen molar-refractivity contribution in [2.75, 3.05) is 32.7 Å². The van der Waals surface area contributed by atoms with Gasteiger partial charge in [-0.25, -0.2) is 13.4 Å². The van der Waals surface area contributed by atoms with E-state index in [1.165, 1.54) is 47.7 Å². The number of piperazine rings is 1. The van der Waals surface area contributed by atoms with Gasteiger partial charge in [0.25, 0.3) is 5.91 Å². The molecule has 0 spiro atoms. The van der Waals surface area contributed by atoms with Gasteiger partial charge in [0.1, 0.15) is 0 Å². The van der Waals surface area contributed by atoms with Crippen LogP contribution in [0.2, 0.25) is 0 Å². The SMILES string of the molecule is O=C(c1nccs1)C1CNCCN1C1CN(C(=O)c2ccc(S(=O)(=O)Cc3cccc(C(F)(F)F)c3)cc2)C1. The lowest BCUT2D eigenvalue weighted by molar-refractivity contribution is -0.137. The van der Waals surface area contributed by atoms with Gasteiger partial charge in [0.2, 0.25) is 5.78 Å². The van der Waals surface area contributed by atoms with Crippen molar-refractivity contribution in [3.05, 3.63) is 81.8 Å². The summed E-state index contributed by atoms with van der Waals surface area (Å²) in [6.07, 6.45) is -2.97. The van der Waals surface area contributed by atoms with Crippen molar-refractivity contribution in [1.29, 1.82) is 0 Å². The molecule has 2 fully saturated rings. The number of carbonyl (C=O) groups is 2. The Hall–Kier alpha value is -3.13. The fraction of sp³-hybridized carbons (Fsp3) is 0.346. The van der Waals surface area contributed by atoms with Crippen molar-refractivity contribution in [1.82, 2.24) is 20.1 Å². The molecule has 206 valence electrons. The van der Waals surface area contributed by atoms with Crippen LogP contribution in [0.25, 0.3) is 0 Å². The second kappa shape index (κ2) is 10.8. The summed E-state index contributed by atoms with van der Waals surface area (Å²) in [7, 11) is -3.93. The quantitative estimate of drug-likeness (QED) is 0.430. The number of thiazole rings is 1. The van der Waals surface area contributed by atoms with Gasteiger partial charge in [-0.2, -0.15) is 13.2 Å². The number of benzene rings is 2. The number of aromatic nitrogens is 1. The van der Waals surface area contributed by atoms with Gasteiger partial charge in [0.05, 0.1) is 22.3 Å². The number of amides is 1. The van der Waals surface area contributed by atoms with Crippen molar-refractivity contribution < 1.29 is 31.2 Å². The molecule has 5 rings (SSSR count). The summed E-state index contributed by atoms with van der Waals surface area (Å²) in [6.45, 7) is 2.81. The summed E-state index contributed by atoms with van der Waals surface area (Å²) in [5.41, 5.74) is -0.581. The van der Waals surface area contributed by atoms with E-state index in [0.29, 0.717) is 36.8 Å². The number of carbonyl (C=O) groups excluding carboxylic acids is 2. The van der Waals surface area contributed by atoms with E-state index < -0.39 is 27.3 Å². The molecule has 2 aliphatic heterocycles. The molecule has 1 atom stereocenters. The molecule has 0 saturated carbocycles. The Bertz CT molecular complexity index is 1460. The van der Waals surface area contributed by atoms with Crippen LogP contribution in [0.1, 0.15) is 31.3 Å². The molecular formula is C26H25F3N4O4S2. The van der Waals surface area contributed by atoms with Crippen LogP contribution in [0.4, 0.5) is 13.2 Å². The minimum Gasteiger partial charge on any atom is -0.335 e. The van der Waals surface area contributed by atoms with Crippen molar-refractivity contribution in [2.45, 2.75) is 28.9 Å². The maximum atomic E-state index is 13.0. The third-order valence-electron chi connectivity index (χ3n) is 6.92. The Morgan fingerprint density at radius 1 is 1.10 bits per heavy atom. The Morgan fingerprint density at radius 3 is 2.51 bits per heavy atom. The highest BCUT2D eigenvalue weighted by Gasteiger charge is 2.41. The van der Waals surface area contributed by atoms with E-state index in [1.54, 1.807) is 16.5 Å². The topological polar surface area (TPSA) is 99.7 Å². The zero-order chi connectivity index (χ0) is 27.8. The average molecular weight is 579 g/mol. The fourth-order valence-electron chi connectivity index (χ4n) is 4.85. The molecule has 8 nitrogen and oxygen atoms in total. The molecule has 1 N–H and O–H groups in total. The predicted molar refractivity (Wildman–Crippen MR) is 138 cm³/mol. The number of alkyl halides is 3. The summed E-state index contributed by atoms with van der Waals surface area (Å²) in [6, 6.07) is 9.31. The molecule has 1 unspecified atom stereocenters. The highest BCUT2D eigenvalue weighted by Crippen LogP contribution is 2.30. The standard InChI is InChI=1S/C26H25F3N4O4S2/c27-26(28,29)19-3-1-2-17(12-19)16-39(36,37)21-6-4-18(5-7-21)25(35)32-14-20(15-32)33-10-8-30-13-22(33)23(34)24-31-9-11-38-24/h1-7,9,11-12,20,22,30H,8,10,13-16H2. The van der Waals surface area contributed by atoms with Crippen molar-refractivity contribution in [3.8, 4) is 0 Å². The Kier molecular flexibility index (Phi) is 7.60. The highest BCUT2D eigenvalue weighted by molar-refractivity contribution is 7.90. The van der Waals surface area contributed by atoms with E-state index in [2.05, 4.69) is 15.2 Å². The maximum Gasteiger partial charge on any atom is 0.416 e. The van der Waals surface area contributed by atoms with Crippen LogP contribution in [-0.4, -0.2) is 79.7 Å². The number of Topliss-reactive ketones (excluding diaryl/α,β-unsaturated/α-hetero) is 1. The van der Waals surface area contributed by atoms with Gasteiger partial charge in [-0.15, -0.1) is 11.3 Å². The molecule has 0 radical (unpaired) electrons. The minimum absolute atomic E-state index is 0.0242. The molecule has 13 heteroatoms. The summed E-state index contributed by atoms with van der Waals surface area (Å²) in [5.74, 6) is -0.890. The lowest BCUT2D eigenvalue weighted by Crippen LogP contribution is -2.68. The van der Waals surface area contributed by atoms with E-state index in [4.69, 9.17) is 0 Å². The third-order valence-corrected chi connectivity index (χ3v) is 9.41. The van der Waals surface area contributed by atoms with Crippen molar-refractivity contribution in [2.24, 2.45) is 0 Å². The zero-order valence-corrected chi connectivity index (χ0v) is 22.2. The normalized spacial score (nSPS) is 19.1. The number of likely N-dealkylation sites (tertiary alicyclic amines) is 1. The van der Waals surface area contributed by atoms with E-state index >= 15 is 0 Å². The van der Waals surface area contributed by atoms with Gasteiger partial charge in [-0.3, -0.25) is 14.5 Å². The molecule has 0 bridgehead atoms. The Morgan fingerprint density at radius 2 is 1.85 bits per heavy atom. The molecular weight excluding hydrogens is 553 g/mol. The number of ketones is 1. The Labute approximate surface area is 227 Å². The average Bonchev–Trinajstić information content (AvgIpc) is 3.42. The highest BCUT2D eigenvalue weighted by atomic mass is 32.2. The van der Waals surface area contributed by atoms with Gasteiger partial charge in [0, 0.05) is 55.9 Å². The van der Waals surface area contributed by atoms with Crippen molar-refractivity contribution in [3.63, 3.8) is 0 Å². The van der Waals surface area contributed by atoms with Crippen LogP contribution in [-0.2, 0) is 21.8 Å². The summed E-state index contributed by atoms with van der Waals surface area (Å²) in [5, 5.41) is 5.47. The smallest absolute Gasteiger partial charge is 0.335 e. The fourth-order valence-corrected chi connectivity index (χ4v) is 6.81. The number of halogens is 3. The molecule has 39 heavy (non-hydrogen) atoms. The van der Waals surface area contributed by atoms with Crippen LogP contribution >= 0.6 is 11.3 Å². The summed E-state index contributed by atoms with van der Waals surface area (Å²) < 4.78 is 64.6. The van der Waals surface area contributed by atoms with Gasteiger partial charge < -0.3 is 10.2 Å². The van der Waals surface area contributed by atoms with E-state index in [9.17, 15) is 31.2 Å². The first-order valence-electron chi connectivity index (χ1n) is 12.2. The number of hydrogen-bond acceptors (Lipinski definition) is 8. The molecule has 3 heterocycles. The van der Waals surface area contributed by atoms with Gasteiger partial charge in [-0.05, 0) is 35.9 Å². The largest absolute Gasteiger partial charge is 0.416 e. The van der Waals surface area contributed by atoms with Gasteiger partial charge >= 0.3 is 6.18 Å².